The Morgan fingerprint density at radius 2 is 1.95 bits per heavy atom. The average molecular weight is 334 g/mol. The van der Waals surface area contributed by atoms with Gasteiger partial charge in [-0.05, 0) is 31.3 Å². The number of hydrogen-bond donors (Lipinski definition) is 2. The van der Waals surface area contributed by atoms with Gasteiger partial charge in [-0.25, -0.2) is 4.79 Å². The van der Waals surface area contributed by atoms with Crippen LogP contribution in [-0.2, 0) is 0 Å². The number of urea groups is 1. The van der Waals surface area contributed by atoms with Crippen LogP contribution in [-0.4, -0.2) is 43.8 Å². The van der Waals surface area contributed by atoms with Crippen LogP contribution in [0.25, 0.3) is 0 Å². The Morgan fingerprint density at radius 1 is 1.24 bits per heavy atom. The minimum atomic E-state index is -0.271. The van der Waals surface area contributed by atoms with Crippen LogP contribution in [0.1, 0.15) is 13.8 Å². The van der Waals surface area contributed by atoms with Gasteiger partial charge in [0.25, 0.3) is 0 Å². The average Bonchev–Trinajstić information content (AvgIpc) is 2.46. The molecule has 0 aliphatic carbocycles. The zero-order valence-corrected chi connectivity index (χ0v) is 13.8. The van der Waals surface area contributed by atoms with Crippen LogP contribution in [0, 0.1) is 0 Å². The maximum Gasteiger partial charge on any atom is 0.317 e. The molecule has 118 valence electrons. The number of amides is 2. The lowest BCUT2D eigenvalue weighted by molar-refractivity contribution is 0.221. The van der Waals surface area contributed by atoms with Crippen molar-refractivity contribution in [2.45, 2.75) is 13.8 Å². The quantitative estimate of drug-likeness (QED) is 0.719. The second-order valence-electron chi connectivity index (χ2n) is 4.32. The fraction of sp³-hybridized carbons (Fsp3) is 0.500. The number of carbonyl (C=O) groups excluding carboxylic acids is 1. The van der Waals surface area contributed by atoms with Crippen molar-refractivity contribution in [3.63, 3.8) is 0 Å². The number of nitrogens with one attached hydrogen (secondary N) is 2. The maximum absolute atomic E-state index is 11.6. The monoisotopic (exact) mass is 333 g/mol. The second-order valence-corrected chi connectivity index (χ2v) is 5.17. The highest BCUT2D eigenvalue weighted by Gasteiger charge is 2.04. The van der Waals surface area contributed by atoms with Gasteiger partial charge in [-0.15, -0.1) is 0 Å². The third-order valence-corrected chi connectivity index (χ3v) is 3.49. The Bertz CT molecular complexity index is 454. The number of halogens is 2. The van der Waals surface area contributed by atoms with Crippen molar-refractivity contribution in [3.8, 4) is 5.75 Å². The number of hydrogen-bond acceptors (Lipinski definition) is 3. The minimum absolute atomic E-state index is 0.0401. The van der Waals surface area contributed by atoms with Crippen molar-refractivity contribution >= 4 is 29.2 Å². The van der Waals surface area contributed by atoms with Crippen LogP contribution in [0.5, 0.6) is 5.75 Å². The molecule has 0 atom stereocenters. The van der Waals surface area contributed by atoms with Gasteiger partial charge >= 0.3 is 6.03 Å². The number of ether oxygens (including phenoxy) is 1. The summed E-state index contributed by atoms with van der Waals surface area (Å²) in [6, 6.07) is 4.65. The zero-order chi connectivity index (χ0) is 15.7. The van der Waals surface area contributed by atoms with Gasteiger partial charge in [-0.2, -0.15) is 0 Å². The lowest BCUT2D eigenvalue weighted by Gasteiger charge is -2.18. The minimum Gasteiger partial charge on any atom is -0.472 e. The molecule has 5 nitrogen and oxygen atoms in total. The highest BCUT2D eigenvalue weighted by atomic mass is 35.5. The molecule has 0 aromatic heterocycles. The summed E-state index contributed by atoms with van der Waals surface area (Å²) in [5.41, 5.74) is 0. The topological polar surface area (TPSA) is 53.6 Å². The third-order valence-electron chi connectivity index (χ3n) is 2.96. The molecule has 2 amide bonds. The number of benzene rings is 1. The predicted molar refractivity (Wildman–Crippen MR) is 86.3 cm³/mol. The Balaban J connectivity index is 2.21. The smallest absolute Gasteiger partial charge is 0.317 e. The van der Waals surface area contributed by atoms with Gasteiger partial charge in [0.05, 0.1) is 5.02 Å². The van der Waals surface area contributed by atoms with E-state index in [0.29, 0.717) is 22.3 Å². The molecule has 2 N–H and O–H groups in total. The van der Waals surface area contributed by atoms with Gasteiger partial charge in [0.1, 0.15) is 5.75 Å². The standard InChI is InChI=1S/C14H21Cl2N3O2/c1-3-19(4-2)8-7-17-14(20)18-10-21-13-6-5-11(15)9-12(13)16/h5-6,9H,3-4,7-8,10H2,1-2H3,(H2,17,18,20). The van der Waals surface area contributed by atoms with E-state index in [2.05, 4.69) is 29.4 Å². The first-order valence-corrected chi connectivity index (χ1v) is 7.64. The van der Waals surface area contributed by atoms with E-state index < -0.39 is 0 Å². The molecule has 0 heterocycles. The second kappa shape index (κ2) is 9.71. The van der Waals surface area contributed by atoms with Gasteiger partial charge in [0.15, 0.2) is 6.73 Å². The Labute approximate surface area is 135 Å². The van der Waals surface area contributed by atoms with E-state index in [9.17, 15) is 4.79 Å². The molecule has 0 saturated heterocycles. The number of rotatable bonds is 8. The first kappa shape index (κ1) is 17.9. The first-order valence-electron chi connectivity index (χ1n) is 6.88. The van der Waals surface area contributed by atoms with Crippen LogP contribution < -0.4 is 15.4 Å². The van der Waals surface area contributed by atoms with Crippen molar-refractivity contribution < 1.29 is 9.53 Å². The molecule has 0 radical (unpaired) electrons. The summed E-state index contributed by atoms with van der Waals surface area (Å²) in [7, 11) is 0. The molecule has 0 unspecified atom stereocenters. The number of likely N-dealkylation sites (N-methyl/N-ethyl adjacent to an activating group) is 1. The van der Waals surface area contributed by atoms with E-state index >= 15 is 0 Å². The molecule has 0 bridgehead atoms. The lowest BCUT2D eigenvalue weighted by Crippen LogP contribution is -2.41. The van der Waals surface area contributed by atoms with Crippen molar-refractivity contribution in [2.75, 3.05) is 32.9 Å². The van der Waals surface area contributed by atoms with Crippen LogP contribution in [0.2, 0.25) is 10.0 Å². The summed E-state index contributed by atoms with van der Waals surface area (Å²) in [5.74, 6) is 0.476. The fourth-order valence-corrected chi connectivity index (χ4v) is 2.16. The van der Waals surface area contributed by atoms with Crippen LogP contribution in [0.3, 0.4) is 0 Å². The Morgan fingerprint density at radius 3 is 2.57 bits per heavy atom. The van der Waals surface area contributed by atoms with E-state index in [1.165, 1.54) is 0 Å². The van der Waals surface area contributed by atoms with Crippen molar-refractivity contribution in [1.29, 1.82) is 0 Å². The van der Waals surface area contributed by atoms with Gasteiger partial charge in [0, 0.05) is 18.1 Å². The molecule has 0 aliphatic heterocycles. The van der Waals surface area contributed by atoms with E-state index in [1.807, 2.05) is 0 Å². The van der Waals surface area contributed by atoms with Crippen molar-refractivity contribution in [1.82, 2.24) is 15.5 Å². The summed E-state index contributed by atoms with van der Waals surface area (Å²) in [5, 5.41) is 6.31. The molecule has 1 aromatic carbocycles. The SMILES string of the molecule is CCN(CC)CCNC(=O)NCOc1ccc(Cl)cc1Cl. The number of nitrogens with zero attached hydrogens (tertiary/aromatic N) is 1. The summed E-state index contributed by atoms with van der Waals surface area (Å²) in [4.78, 5) is 13.8. The van der Waals surface area contributed by atoms with Gasteiger partial charge in [-0.3, -0.25) is 0 Å². The van der Waals surface area contributed by atoms with Gasteiger partial charge < -0.3 is 20.3 Å². The van der Waals surface area contributed by atoms with Crippen molar-refractivity contribution in [3.05, 3.63) is 28.2 Å². The zero-order valence-electron chi connectivity index (χ0n) is 12.3. The Kier molecular flexibility index (Phi) is 8.27. The molecule has 0 fully saturated rings. The fourth-order valence-electron chi connectivity index (χ4n) is 1.70. The molecule has 1 rings (SSSR count). The maximum atomic E-state index is 11.6. The lowest BCUT2D eigenvalue weighted by atomic mass is 10.3. The van der Waals surface area contributed by atoms with Crippen LogP contribution >= 0.6 is 23.2 Å². The molecule has 1 aromatic rings. The summed E-state index contributed by atoms with van der Waals surface area (Å²) in [6.45, 7) is 7.58. The van der Waals surface area contributed by atoms with E-state index in [0.717, 1.165) is 19.6 Å². The highest BCUT2D eigenvalue weighted by molar-refractivity contribution is 6.35. The molecule has 21 heavy (non-hydrogen) atoms. The molecule has 0 spiro atoms. The normalized spacial score (nSPS) is 10.5. The Hall–Kier alpha value is -1.17. The van der Waals surface area contributed by atoms with Crippen LogP contribution in [0.15, 0.2) is 18.2 Å². The predicted octanol–water partition coefficient (Wildman–Crippen LogP) is 2.97. The molecule has 0 saturated carbocycles. The van der Waals surface area contributed by atoms with Crippen molar-refractivity contribution in [2.24, 2.45) is 0 Å². The summed E-state index contributed by atoms with van der Waals surface area (Å²) < 4.78 is 5.36. The highest BCUT2D eigenvalue weighted by Crippen LogP contribution is 2.27. The largest absolute Gasteiger partial charge is 0.472 e. The van der Waals surface area contributed by atoms with E-state index in [1.54, 1.807) is 18.2 Å². The molecular formula is C14H21Cl2N3O2. The van der Waals surface area contributed by atoms with E-state index in [-0.39, 0.29) is 12.8 Å². The van der Waals surface area contributed by atoms with Gasteiger partial charge in [0.2, 0.25) is 0 Å². The molecule has 0 aliphatic rings. The van der Waals surface area contributed by atoms with Gasteiger partial charge in [-0.1, -0.05) is 37.0 Å². The summed E-state index contributed by atoms with van der Waals surface area (Å²) >= 11 is 11.7. The van der Waals surface area contributed by atoms with E-state index in [4.69, 9.17) is 27.9 Å². The van der Waals surface area contributed by atoms with Crippen LogP contribution in [0.4, 0.5) is 4.79 Å². The third kappa shape index (κ3) is 6.89. The summed E-state index contributed by atoms with van der Waals surface area (Å²) in [6.07, 6.45) is 0. The first-order chi connectivity index (χ1) is 10.1. The molecular weight excluding hydrogens is 313 g/mol. The molecule has 7 heteroatoms. The number of carbonyl (C=O) groups is 1.